The number of rotatable bonds is 4. The Hall–Kier alpha value is -2.35. The SMILES string of the molecule is N#CC1(C(=O)NCCc2ccc3nc[nH]c3c2)CCC1. The molecule has 1 aliphatic rings. The zero-order valence-corrected chi connectivity index (χ0v) is 11.1. The molecule has 1 heterocycles. The van der Waals surface area contributed by atoms with E-state index in [1.54, 1.807) is 6.33 Å². The van der Waals surface area contributed by atoms with Crippen LogP contribution in [0.4, 0.5) is 0 Å². The molecule has 5 nitrogen and oxygen atoms in total. The molecule has 0 unspecified atom stereocenters. The van der Waals surface area contributed by atoms with Gasteiger partial charge in [-0.2, -0.15) is 5.26 Å². The first-order valence-corrected chi connectivity index (χ1v) is 6.85. The fourth-order valence-electron chi connectivity index (χ4n) is 2.55. The molecule has 1 fully saturated rings. The number of carbonyl (C=O) groups is 1. The van der Waals surface area contributed by atoms with Crippen LogP contribution in [-0.4, -0.2) is 22.4 Å². The number of nitrogens with one attached hydrogen (secondary N) is 2. The van der Waals surface area contributed by atoms with Crippen LogP contribution in [0, 0.1) is 16.7 Å². The summed E-state index contributed by atoms with van der Waals surface area (Å²) in [6, 6.07) is 8.17. The van der Waals surface area contributed by atoms with Gasteiger partial charge in [-0.3, -0.25) is 4.79 Å². The minimum atomic E-state index is -0.757. The van der Waals surface area contributed by atoms with Crippen molar-refractivity contribution >= 4 is 16.9 Å². The maximum Gasteiger partial charge on any atom is 0.240 e. The molecule has 2 N–H and O–H groups in total. The van der Waals surface area contributed by atoms with Crippen LogP contribution >= 0.6 is 0 Å². The van der Waals surface area contributed by atoms with Gasteiger partial charge in [0, 0.05) is 6.54 Å². The second kappa shape index (κ2) is 4.97. The van der Waals surface area contributed by atoms with Crippen LogP contribution in [0.3, 0.4) is 0 Å². The predicted molar refractivity (Wildman–Crippen MR) is 74.7 cm³/mol. The van der Waals surface area contributed by atoms with Crippen molar-refractivity contribution in [2.24, 2.45) is 5.41 Å². The molecular formula is C15H16N4O. The lowest BCUT2D eigenvalue weighted by atomic mass is 9.69. The highest BCUT2D eigenvalue weighted by Gasteiger charge is 2.44. The topological polar surface area (TPSA) is 81.6 Å². The Morgan fingerprint density at radius 3 is 3.05 bits per heavy atom. The van der Waals surface area contributed by atoms with Crippen molar-refractivity contribution in [1.82, 2.24) is 15.3 Å². The van der Waals surface area contributed by atoms with Gasteiger partial charge in [-0.15, -0.1) is 0 Å². The average Bonchev–Trinajstić information content (AvgIpc) is 2.85. The van der Waals surface area contributed by atoms with Crippen molar-refractivity contribution in [2.75, 3.05) is 6.54 Å². The van der Waals surface area contributed by atoms with Crippen LogP contribution in [0.2, 0.25) is 0 Å². The number of carbonyl (C=O) groups excluding carboxylic acids is 1. The monoisotopic (exact) mass is 268 g/mol. The maximum absolute atomic E-state index is 12.0. The van der Waals surface area contributed by atoms with E-state index < -0.39 is 5.41 Å². The number of fused-ring (bicyclic) bond motifs is 1. The predicted octanol–water partition coefficient (Wildman–Crippen LogP) is 1.92. The smallest absolute Gasteiger partial charge is 0.240 e. The highest BCUT2D eigenvalue weighted by molar-refractivity contribution is 5.86. The highest BCUT2D eigenvalue weighted by atomic mass is 16.2. The Kier molecular flexibility index (Phi) is 3.15. The molecule has 2 aromatic rings. The van der Waals surface area contributed by atoms with Gasteiger partial charge in [-0.05, 0) is 43.4 Å². The molecule has 3 rings (SSSR count). The second-order valence-electron chi connectivity index (χ2n) is 5.31. The molecule has 0 saturated heterocycles. The van der Waals surface area contributed by atoms with Gasteiger partial charge in [0.2, 0.25) is 5.91 Å². The van der Waals surface area contributed by atoms with Gasteiger partial charge >= 0.3 is 0 Å². The number of hydrogen-bond acceptors (Lipinski definition) is 3. The van der Waals surface area contributed by atoms with Gasteiger partial charge in [-0.25, -0.2) is 4.98 Å². The number of amides is 1. The van der Waals surface area contributed by atoms with Crippen molar-refractivity contribution in [3.05, 3.63) is 30.1 Å². The van der Waals surface area contributed by atoms with Crippen LogP contribution in [0.5, 0.6) is 0 Å². The molecule has 0 aliphatic heterocycles. The van der Waals surface area contributed by atoms with E-state index in [-0.39, 0.29) is 5.91 Å². The number of nitriles is 1. The fraction of sp³-hybridized carbons (Fsp3) is 0.400. The zero-order chi connectivity index (χ0) is 14.0. The Balaban J connectivity index is 1.57. The number of H-pyrrole nitrogens is 1. The lowest BCUT2D eigenvalue weighted by molar-refractivity contribution is -0.131. The summed E-state index contributed by atoms with van der Waals surface area (Å²) in [7, 11) is 0. The summed E-state index contributed by atoms with van der Waals surface area (Å²) in [5.74, 6) is -0.117. The van der Waals surface area contributed by atoms with Gasteiger partial charge in [0.05, 0.1) is 23.4 Å². The van der Waals surface area contributed by atoms with E-state index in [4.69, 9.17) is 5.26 Å². The molecule has 1 saturated carbocycles. The van der Waals surface area contributed by atoms with Crippen LogP contribution in [0.25, 0.3) is 11.0 Å². The van der Waals surface area contributed by atoms with E-state index in [0.29, 0.717) is 19.4 Å². The lowest BCUT2D eigenvalue weighted by Gasteiger charge is -2.33. The minimum absolute atomic E-state index is 0.117. The fourth-order valence-corrected chi connectivity index (χ4v) is 2.55. The largest absolute Gasteiger partial charge is 0.354 e. The average molecular weight is 268 g/mol. The third-order valence-electron chi connectivity index (χ3n) is 4.04. The van der Waals surface area contributed by atoms with Crippen molar-refractivity contribution in [1.29, 1.82) is 5.26 Å². The third kappa shape index (κ3) is 2.14. The van der Waals surface area contributed by atoms with Gasteiger partial charge in [-0.1, -0.05) is 6.07 Å². The quantitative estimate of drug-likeness (QED) is 0.888. The number of imidazole rings is 1. The molecular weight excluding hydrogens is 252 g/mol. The zero-order valence-electron chi connectivity index (χ0n) is 11.1. The number of aromatic amines is 1. The van der Waals surface area contributed by atoms with Gasteiger partial charge in [0.25, 0.3) is 0 Å². The number of hydrogen-bond donors (Lipinski definition) is 2. The molecule has 102 valence electrons. The highest BCUT2D eigenvalue weighted by Crippen LogP contribution is 2.40. The number of nitrogens with zero attached hydrogens (tertiary/aromatic N) is 2. The molecule has 20 heavy (non-hydrogen) atoms. The summed E-state index contributed by atoms with van der Waals surface area (Å²) < 4.78 is 0. The molecule has 0 radical (unpaired) electrons. The molecule has 0 spiro atoms. The summed E-state index contributed by atoms with van der Waals surface area (Å²) in [5, 5.41) is 12.0. The summed E-state index contributed by atoms with van der Waals surface area (Å²) in [4.78, 5) is 19.2. The Morgan fingerprint density at radius 2 is 2.35 bits per heavy atom. The van der Waals surface area contributed by atoms with Crippen LogP contribution < -0.4 is 5.32 Å². The minimum Gasteiger partial charge on any atom is -0.354 e. The maximum atomic E-state index is 12.0. The van der Waals surface area contributed by atoms with Gasteiger partial charge in [0.15, 0.2) is 0 Å². The Bertz CT molecular complexity index is 678. The third-order valence-corrected chi connectivity index (χ3v) is 4.04. The van der Waals surface area contributed by atoms with Crippen LogP contribution in [0.15, 0.2) is 24.5 Å². The number of benzene rings is 1. The van der Waals surface area contributed by atoms with Crippen molar-refractivity contribution in [3.63, 3.8) is 0 Å². The molecule has 1 aliphatic carbocycles. The number of aromatic nitrogens is 2. The van der Waals surface area contributed by atoms with E-state index >= 15 is 0 Å². The molecule has 1 aromatic heterocycles. The molecule has 0 atom stereocenters. The van der Waals surface area contributed by atoms with E-state index in [1.807, 2.05) is 18.2 Å². The summed E-state index contributed by atoms with van der Waals surface area (Å²) in [5.41, 5.74) is 2.33. The first kappa shape index (κ1) is 12.7. The second-order valence-corrected chi connectivity index (χ2v) is 5.31. The van der Waals surface area contributed by atoms with Crippen molar-refractivity contribution in [3.8, 4) is 6.07 Å². The van der Waals surface area contributed by atoms with Crippen molar-refractivity contribution in [2.45, 2.75) is 25.7 Å². The summed E-state index contributed by atoms with van der Waals surface area (Å²) in [6.45, 7) is 0.557. The molecule has 0 bridgehead atoms. The van der Waals surface area contributed by atoms with Crippen LogP contribution in [-0.2, 0) is 11.2 Å². The Labute approximate surface area is 117 Å². The van der Waals surface area contributed by atoms with E-state index in [2.05, 4.69) is 21.4 Å². The first-order chi connectivity index (χ1) is 9.73. The van der Waals surface area contributed by atoms with Gasteiger partial charge in [0.1, 0.15) is 5.41 Å². The van der Waals surface area contributed by atoms with E-state index in [1.165, 1.54) is 0 Å². The first-order valence-electron chi connectivity index (χ1n) is 6.85. The Morgan fingerprint density at radius 1 is 1.50 bits per heavy atom. The molecule has 1 amide bonds. The standard InChI is InChI=1S/C15H16N4O/c16-9-15(5-1-6-15)14(20)17-7-4-11-2-3-12-13(8-11)19-10-18-12/h2-3,8,10H,1,4-7H2,(H,17,20)(H,18,19). The summed E-state index contributed by atoms with van der Waals surface area (Å²) in [6.07, 6.45) is 4.77. The van der Waals surface area contributed by atoms with Gasteiger partial charge < -0.3 is 10.3 Å². The normalized spacial score (nSPS) is 16.4. The summed E-state index contributed by atoms with van der Waals surface area (Å²) >= 11 is 0. The lowest BCUT2D eigenvalue weighted by Crippen LogP contribution is -2.45. The van der Waals surface area contributed by atoms with Crippen LogP contribution in [0.1, 0.15) is 24.8 Å². The van der Waals surface area contributed by atoms with E-state index in [0.717, 1.165) is 29.4 Å². The molecule has 1 aromatic carbocycles. The van der Waals surface area contributed by atoms with Crippen molar-refractivity contribution < 1.29 is 4.79 Å². The molecule has 5 heteroatoms. The van der Waals surface area contributed by atoms with E-state index in [9.17, 15) is 4.79 Å².